The van der Waals surface area contributed by atoms with Gasteiger partial charge < -0.3 is 10.1 Å². The summed E-state index contributed by atoms with van der Waals surface area (Å²) >= 11 is 13.0. The summed E-state index contributed by atoms with van der Waals surface area (Å²) in [7, 11) is 1.62. The molecule has 112 valence electrons. The fourth-order valence-corrected chi connectivity index (χ4v) is 3.24. The molecule has 0 saturated carbocycles. The zero-order valence-corrected chi connectivity index (χ0v) is 15.5. The van der Waals surface area contributed by atoms with E-state index in [9.17, 15) is 0 Å². The van der Waals surface area contributed by atoms with Gasteiger partial charge in [0.2, 0.25) is 0 Å². The van der Waals surface area contributed by atoms with Crippen LogP contribution in [0.5, 0.6) is 5.75 Å². The van der Waals surface area contributed by atoms with Crippen molar-refractivity contribution in [2.45, 2.75) is 19.8 Å². The molecular weight excluding hydrogens is 421 g/mol. The fourth-order valence-electron chi connectivity index (χ4n) is 1.78. The van der Waals surface area contributed by atoms with Crippen molar-refractivity contribution in [2.75, 3.05) is 12.4 Å². The van der Waals surface area contributed by atoms with E-state index in [-0.39, 0.29) is 0 Å². The first-order valence-corrected chi connectivity index (χ1v) is 8.33. The number of hydrogen-bond donors (Lipinski definition) is 1. The first kappa shape index (κ1) is 16.5. The predicted octanol–water partition coefficient (Wildman–Crippen LogP) is 5.36. The van der Waals surface area contributed by atoms with Gasteiger partial charge in [0.15, 0.2) is 0 Å². The fraction of sp³-hybridized carbons (Fsp3) is 0.286. The van der Waals surface area contributed by atoms with Crippen LogP contribution < -0.4 is 10.1 Å². The molecule has 21 heavy (non-hydrogen) atoms. The number of ether oxygens (including phenoxy) is 1. The van der Waals surface area contributed by atoms with Gasteiger partial charge in [-0.3, -0.25) is 0 Å². The average Bonchev–Trinajstić information content (AvgIpc) is 2.41. The van der Waals surface area contributed by atoms with Gasteiger partial charge in [-0.05, 0) is 44.3 Å². The quantitative estimate of drug-likeness (QED) is 0.643. The molecule has 1 N–H and O–H groups in total. The zero-order valence-electron chi connectivity index (χ0n) is 11.6. The van der Waals surface area contributed by atoms with Gasteiger partial charge in [0, 0.05) is 23.0 Å². The lowest BCUT2D eigenvalue weighted by Crippen LogP contribution is -2.01. The highest BCUT2D eigenvalue weighted by atomic mass is 79.9. The first-order valence-electron chi connectivity index (χ1n) is 6.37. The van der Waals surface area contributed by atoms with E-state index in [1.807, 2.05) is 12.1 Å². The summed E-state index contributed by atoms with van der Waals surface area (Å²) in [6.45, 7) is 2.08. The number of hydrogen-bond acceptors (Lipinski definition) is 4. The molecule has 0 amide bonds. The molecule has 2 rings (SSSR count). The van der Waals surface area contributed by atoms with Gasteiger partial charge in [-0.2, -0.15) is 0 Å². The van der Waals surface area contributed by atoms with Crippen LogP contribution in [0.1, 0.15) is 19.2 Å². The van der Waals surface area contributed by atoms with Crippen LogP contribution in [0.15, 0.2) is 27.1 Å². The van der Waals surface area contributed by atoms with Crippen LogP contribution in [0.2, 0.25) is 5.15 Å². The molecule has 1 aromatic carbocycles. The number of nitrogens with one attached hydrogen (secondary N) is 1. The number of methoxy groups -OCH3 is 1. The van der Waals surface area contributed by atoms with Crippen LogP contribution >= 0.6 is 43.5 Å². The SMILES string of the molecule is CCCc1nc(Cl)cc(Nc2cc(OC)c(Br)cc2Br)n1. The monoisotopic (exact) mass is 433 g/mol. The topological polar surface area (TPSA) is 47.0 Å². The van der Waals surface area contributed by atoms with Crippen molar-refractivity contribution < 1.29 is 4.74 Å². The number of benzene rings is 1. The number of anilines is 2. The van der Waals surface area contributed by atoms with Gasteiger partial charge >= 0.3 is 0 Å². The van der Waals surface area contributed by atoms with Crippen LogP contribution in [0.3, 0.4) is 0 Å². The molecule has 2 aromatic rings. The smallest absolute Gasteiger partial charge is 0.135 e. The third kappa shape index (κ3) is 4.31. The maximum atomic E-state index is 6.04. The van der Waals surface area contributed by atoms with Crippen molar-refractivity contribution in [3.8, 4) is 5.75 Å². The Morgan fingerprint density at radius 2 is 1.95 bits per heavy atom. The maximum Gasteiger partial charge on any atom is 0.135 e. The third-order valence-corrected chi connectivity index (χ3v) is 4.19. The number of halogens is 3. The highest BCUT2D eigenvalue weighted by Gasteiger charge is 2.09. The molecule has 0 bridgehead atoms. The Kier molecular flexibility index (Phi) is 5.84. The lowest BCUT2D eigenvalue weighted by molar-refractivity contribution is 0.412. The Bertz CT molecular complexity index is 652. The van der Waals surface area contributed by atoms with E-state index >= 15 is 0 Å². The Morgan fingerprint density at radius 1 is 1.19 bits per heavy atom. The Labute approximate surface area is 145 Å². The van der Waals surface area contributed by atoms with Crippen molar-refractivity contribution >= 4 is 55.0 Å². The minimum absolute atomic E-state index is 0.427. The van der Waals surface area contributed by atoms with Crippen LogP contribution in [0, 0.1) is 0 Å². The summed E-state index contributed by atoms with van der Waals surface area (Å²) in [5, 5.41) is 3.66. The Morgan fingerprint density at radius 3 is 2.62 bits per heavy atom. The second-order valence-corrected chi connectivity index (χ2v) is 6.43. The summed E-state index contributed by atoms with van der Waals surface area (Å²) in [6, 6.07) is 5.49. The van der Waals surface area contributed by atoms with Crippen LogP contribution in [-0.2, 0) is 6.42 Å². The van der Waals surface area contributed by atoms with Crippen molar-refractivity contribution in [1.29, 1.82) is 0 Å². The van der Waals surface area contributed by atoms with Gasteiger partial charge in [0.25, 0.3) is 0 Å². The minimum Gasteiger partial charge on any atom is -0.495 e. The lowest BCUT2D eigenvalue weighted by Gasteiger charge is -2.12. The highest BCUT2D eigenvalue weighted by molar-refractivity contribution is 9.11. The van der Waals surface area contributed by atoms with E-state index < -0.39 is 0 Å². The number of aromatic nitrogens is 2. The van der Waals surface area contributed by atoms with E-state index in [1.165, 1.54) is 0 Å². The molecule has 0 aliphatic heterocycles. The van der Waals surface area contributed by atoms with Crippen LogP contribution in [-0.4, -0.2) is 17.1 Å². The number of rotatable bonds is 5. The lowest BCUT2D eigenvalue weighted by atomic mass is 10.3. The molecule has 0 fully saturated rings. The van der Waals surface area contributed by atoms with Gasteiger partial charge in [-0.25, -0.2) is 9.97 Å². The summed E-state index contributed by atoms with van der Waals surface area (Å²) in [4.78, 5) is 8.66. The summed E-state index contributed by atoms with van der Waals surface area (Å²) in [6.07, 6.45) is 1.76. The van der Waals surface area contributed by atoms with E-state index in [0.717, 1.165) is 39.0 Å². The summed E-state index contributed by atoms with van der Waals surface area (Å²) < 4.78 is 7.06. The molecule has 0 aliphatic carbocycles. The molecule has 0 radical (unpaired) electrons. The Hall–Kier alpha value is -0.850. The first-order chi connectivity index (χ1) is 10.0. The predicted molar refractivity (Wildman–Crippen MR) is 92.7 cm³/mol. The number of aryl methyl sites for hydroxylation is 1. The van der Waals surface area contributed by atoms with Gasteiger partial charge in [0.1, 0.15) is 22.5 Å². The van der Waals surface area contributed by atoms with E-state index in [0.29, 0.717) is 11.0 Å². The van der Waals surface area contributed by atoms with E-state index in [1.54, 1.807) is 13.2 Å². The third-order valence-electron chi connectivity index (χ3n) is 2.72. The van der Waals surface area contributed by atoms with Crippen molar-refractivity contribution in [3.63, 3.8) is 0 Å². The van der Waals surface area contributed by atoms with Gasteiger partial charge in [-0.15, -0.1) is 0 Å². The van der Waals surface area contributed by atoms with Crippen molar-refractivity contribution in [2.24, 2.45) is 0 Å². The van der Waals surface area contributed by atoms with E-state index in [4.69, 9.17) is 16.3 Å². The van der Waals surface area contributed by atoms with E-state index in [2.05, 4.69) is 54.1 Å². The standard InChI is InChI=1S/C14H14Br2ClN3O/c1-3-4-13-19-12(17)7-14(20-13)18-10-6-11(21-2)9(16)5-8(10)15/h5-7H,3-4H2,1-2H3,(H,18,19,20). The maximum absolute atomic E-state index is 6.04. The Balaban J connectivity index is 2.33. The van der Waals surface area contributed by atoms with Gasteiger partial charge in [0.05, 0.1) is 17.3 Å². The molecule has 0 aliphatic rings. The molecule has 1 aromatic heterocycles. The number of nitrogens with zero attached hydrogens (tertiary/aromatic N) is 2. The zero-order chi connectivity index (χ0) is 15.4. The molecule has 7 heteroatoms. The van der Waals surface area contributed by atoms with Gasteiger partial charge in [-0.1, -0.05) is 18.5 Å². The van der Waals surface area contributed by atoms with Crippen molar-refractivity contribution in [1.82, 2.24) is 9.97 Å². The normalized spacial score (nSPS) is 10.5. The molecule has 4 nitrogen and oxygen atoms in total. The minimum atomic E-state index is 0.427. The average molecular weight is 436 g/mol. The van der Waals surface area contributed by atoms with Crippen LogP contribution in [0.25, 0.3) is 0 Å². The molecule has 0 saturated heterocycles. The molecule has 1 heterocycles. The summed E-state index contributed by atoms with van der Waals surface area (Å²) in [5.74, 6) is 2.12. The highest BCUT2D eigenvalue weighted by Crippen LogP contribution is 2.35. The molecule has 0 atom stereocenters. The second kappa shape index (κ2) is 7.42. The molecule has 0 unspecified atom stereocenters. The van der Waals surface area contributed by atoms with Crippen molar-refractivity contribution in [3.05, 3.63) is 38.1 Å². The second-order valence-electron chi connectivity index (χ2n) is 4.33. The summed E-state index contributed by atoms with van der Waals surface area (Å²) in [5.41, 5.74) is 0.840. The molecule has 0 spiro atoms. The molecular formula is C14H14Br2ClN3O. The largest absolute Gasteiger partial charge is 0.495 e. The van der Waals surface area contributed by atoms with Crippen LogP contribution in [0.4, 0.5) is 11.5 Å².